The first-order chi connectivity index (χ1) is 26.7. The molecule has 7 aromatic carbocycles. The summed E-state index contributed by atoms with van der Waals surface area (Å²) in [6.45, 7) is 2.24. The van der Waals surface area contributed by atoms with E-state index in [1.165, 1.54) is 44.7 Å². The van der Waals surface area contributed by atoms with Crippen LogP contribution in [0.2, 0.25) is 0 Å². The van der Waals surface area contributed by atoms with Gasteiger partial charge in [-0.05, 0) is 89.0 Å². The molecule has 0 saturated heterocycles. The highest BCUT2D eigenvalue weighted by Gasteiger charge is 2.43. The zero-order valence-electron chi connectivity index (χ0n) is 30.1. The summed E-state index contributed by atoms with van der Waals surface area (Å²) >= 11 is 0. The molecule has 0 saturated carbocycles. The first kappa shape index (κ1) is 30.8. The summed E-state index contributed by atoms with van der Waals surface area (Å²) in [6.07, 6.45) is 2.10. The van der Waals surface area contributed by atoms with Gasteiger partial charge in [0.05, 0.1) is 5.56 Å². The second-order valence-electron chi connectivity index (χ2n) is 14.4. The minimum Gasteiger partial charge on any atom is -0.454 e. The highest BCUT2D eigenvalue weighted by Crippen LogP contribution is 2.47. The summed E-state index contributed by atoms with van der Waals surface area (Å²) in [6, 6.07) is 61.6. The Hall–Kier alpha value is -6.85. The molecule has 254 valence electrons. The van der Waals surface area contributed by atoms with Gasteiger partial charge in [0.2, 0.25) is 5.69 Å². The smallest absolute Gasteiger partial charge is 0.252 e. The largest absolute Gasteiger partial charge is 0.454 e. The van der Waals surface area contributed by atoms with Gasteiger partial charge in [0.25, 0.3) is 6.71 Å². The second-order valence-corrected chi connectivity index (χ2v) is 14.4. The molecular formula is C49H35BN3O+. The van der Waals surface area contributed by atoms with Crippen molar-refractivity contribution in [1.29, 1.82) is 0 Å². The molecule has 0 N–H and O–H groups in total. The number of hydrogen-bond acceptors (Lipinski definition) is 3. The third-order valence-electron chi connectivity index (χ3n) is 11.4. The molecule has 0 amide bonds. The number of pyridine rings is 1. The van der Waals surface area contributed by atoms with Gasteiger partial charge in [0.15, 0.2) is 6.20 Å². The van der Waals surface area contributed by atoms with Crippen molar-refractivity contribution >= 4 is 79.2 Å². The Balaban J connectivity index is 1.24. The molecule has 0 bridgehead atoms. The second kappa shape index (κ2) is 11.8. The summed E-state index contributed by atoms with van der Waals surface area (Å²) in [7, 11) is 2.10. The Morgan fingerprint density at radius 2 is 1.09 bits per heavy atom. The number of anilines is 6. The summed E-state index contributed by atoms with van der Waals surface area (Å²) in [5, 5.41) is 2.23. The van der Waals surface area contributed by atoms with Crippen LogP contribution in [-0.4, -0.2) is 6.71 Å². The summed E-state index contributed by atoms with van der Waals surface area (Å²) in [5.74, 6) is 0. The molecular weight excluding hydrogens is 657 g/mol. The van der Waals surface area contributed by atoms with Gasteiger partial charge in [-0.3, -0.25) is 0 Å². The van der Waals surface area contributed by atoms with Crippen molar-refractivity contribution in [1.82, 2.24) is 0 Å². The number of rotatable bonds is 4. The van der Waals surface area contributed by atoms with E-state index in [-0.39, 0.29) is 6.71 Å². The number of furan rings is 1. The van der Waals surface area contributed by atoms with Crippen molar-refractivity contribution < 1.29 is 8.98 Å². The van der Waals surface area contributed by atoms with Gasteiger partial charge < -0.3 is 14.2 Å². The Morgan fingerprint density at radius 1 is 0.519 bits per heavy atom. The fraction of sp³-hybridized carbons (Fsp3) is 0.0408. The normalized spacial score (nSPS) is 12.9. The average Bonchev–Trinajstić information content (AvgIpc) is 3.60. The molecule has 0 atom stereocenters. The number of hydrogen-bond donors (Lipinski definition) is 0. The Morgan fingerprint density at radius 3 is 1.72 bits per heavy atom. The molecule has 0 radical (unpaired) electrons. The van der Waals surface area contributed by atoms with Crippen molar-refractivity contribution in [2.45, 2.75) is 6.92 Å². The molecule has 11 rings (SSSR count). The fourth-order valence-electron chi connectivity index (χ4n) is 9.05. The van der Waals surface area contributed by atoms with E-state index in [0.29, 0.717) is 0 Å². The van der Waals surface area contributed by atoms with Crippen molar-refractivity contribution in [2.24, 2.45) is 7.05 Å². The van der Waals surface area contributed by atoms with Gasteiger partial charge in [-0.15, -0.1) is 0 Å². The molecule has 9 aromatic rings. The van der Waals surface area contributed by atoms with Gasteiger partial charge in [-0.25, -0.2) is 4.57 Å². The van der Waals surface area contributed by atoms with E-state index in [1.54, 1.807) is 0 Å². The van der Waals surface area contributed by atoms with Gasteiger partial charge in [-0.1, -0.05) is 103 Å². The van der Waals surface area contributed by atoms with E-state index >= 15 is 0 Å². The van der Waals surface area contributed by atoms with Crippen molar-refractivity contribution in [3.8, 4) is 22.4 Å². The monoisotopic (exact) mass is 692 g/mol. The Labute approximate surface area is 314 Å². The Kier molecular flexibility index (Phi) is 6.74. The summed E-state index contributed by atoms with van der Waals surface area (Å²) in [4.78, 5) is 4.92. The number of aryl methyl sites for hydroxylation is 2. The standard InChI is InChI=1S/C49H35BN3O/c1-32-27-28-38-37-21-15-20-36(48(37)54-49(38)46(32)43-26-13-14-29-51(43)2)33-30-44-47-45(31-33)53(35-18-7-4-8-19-35)42-25-12-10-23-40(42)50(47)39-22-9-11-24-41(39)52(44)34-16-5-3-6-17-34/h3-31H,1-2H3/q+1. The van der Waals surface area contributed by atoms with Crippen molar-refractivity contribution in [2.75, 3.05) is 9.80 Å². The number of para-hydroxylation sites is 5. The quantitative estimate of drug-likeness (QED) is 0.136. The van der Waals surface area contributed by atoms with Crippen molar-refractivity contribution in [3.63, 3.8) is 0 Å². The van der Waals surface area contributed by atoms with E-state index in [0.717, 1.165) is 55.7 Å². The van der Waals surface area contributed by atoms with Gasteiger partial charge >= 0.3 is 0 Å². The maximum absolute atomic E-state index is 7.11. The summed E-state index contributed by atoms with van der Waals surface area (Å²) in [5.41, 5.74) is 18.3. The van der Waals surface area contributed by atoms with Crippen LogP contribution in [0.5, 0.6) is 0 Å². The molecule has 54 heavy (non-hydrogen) atoms. The minimum atomic E-state index is 0.0653. The molecule has 0 fully saturated rings. The number of nitrogens with zero attached hydrogens (tertiary/aromatic N) is 3. The zero-order chi connectivity index (χ0) is 35.9. The van der Waals surface area contributed by atoms with Crippen LogP contribution in [0.15, 0.2) is 180 Å². The number of benzene rings is 7. The van der Waals surface area contributed by atoms with Crippen LogP contribution in [0.3, 0.4) is 0 Å². The number of fused-ring (bicyclic) bond motifs is 7. The number of aromatic nitrogens is 1. The van der Waals surface area contributed by atoms with E-state index in [4.69, 9.17) is 4.42 Å². The van der Waals surface area contributed by atoms with Gasteiger partial charge in [-0.2, -0.15) is 0 Å². The van der Waals surface area contributed by atoms with Gasteiger partial charge in [0.1, 0.15) is 18.2 Å². The lowest BCUT2D eigenvalue weighted by molar-refractivity contribution is -0.660. The highest BCUT2D eigenvalue weighted by atomic mass is 16.3. The summed E-state index contributed by atoms with van der Waals surface area (Å²) < 4.78 is 9.28. The van der Waals surface area contributed by atoms with Crippen LogP contribution in [-0.2, 0) is 7.05 Å². The zero-order valence-corrected chi connectivity index (χ0v) is 30.1. The lowest BCUT2D eigenvalue weighted by Gasteiger charge is -2.44. The molecule has 2 aliphatic rings. The van der Waals surface area contributed by atoms with E-state index in [2.05, 4.69) is 204 Å². The van der Waals surface area contributed by atoms with Crippen LogP contribution in [0, 0.1) is 6.92 Å². The fourth-order valence-corrected chi connectivity index (χ4v) is 9.05. The van der Waals surface area contributed by atoms with Gasteiger partial charge in [0, 0.05) is 62.6 Å². The SMILES string of the molecule is Cc1ccc2c(oc3c(-c4cc5c6c(c4)N(c4ccccc4)c4ccccc4B6c4ccccc4N5c4ccccc4)cccc32)c1-c1cccc[n+]1C. The Bertz CT molecular complexity index is 2820. The third-order valence-corrected chi connectivity index (χ3v) is 11.4. The molecule has 2 aromatic heterocycles. The lowest BCUT2D eigenvalue weighted by atomic mass is 9.33. The van der Waals surface area contributed by atoms with E-state index in [9.17, 15) is 0 Å². The van der Waals surface area contributed by atoms with Crippen LogP contribution in [0.25, 0.3) is 44.3 Å². The molecule has 2 aliphatic heterocycles. The molecule has 0 spiro atoms. The van der Waals surface area contributed by atoms with Crippen LogP contribution < -0.4 is 30.8 Å². The van der Waals surface area contributed by atoms with Crippen LogP contribution >= 0.6 is 0 Å². The third kappa shape index (κ3) is 4.42. The molecule has 0 aliphatic carbocycles. The predicted molar refractivity (Wildman–Crippen MR) is 225 cm³/mol. The maximum Gasteiger partial charge on any atom is 0.252 e. The topological polar surface area (TPSA) is 23.5 Å². The molecule has 0 unspecified atom stereocenters. The highest BCUT2D eigenvalue weighted by molar-refractivity contribution is 7.00. The first-order valence-corrected chi connectivity index (χ1v) is 18.6. The van der Waals surface area contributed by atoms with E-state index in [1.807, 2.05) is 0 Å². The molecule has 5 heteroatoms. The molecule has 4 nitrogen and oxygen atoms in total. The average molecular weight is 693 g/mol. The van der Waals surface area contributed by atoms with E-state index < -0.39 is 0 Å². The maximum atomic E-state index is 7.11. The minimum absolute atomic E-state index is 0.0653. The predicted octanol–water partition coefficient (Wildman–Crippen LogP) is 10.1. The first-order valence-electron chi connectivity index (χ1n) is 18.6. The lowest BCUT2D eigenvalue weighted by Crippen LogP contribution is -2.61. The molecule has 4 heterocycles. The van der Waals surface area contributed by atoms with Crippen LogP contribution in [0.1, 0.15) is 5.56 Å². The van der Waals surface area contributed by atoms with Crippen LogP contribution in [0.4, 0.5) is 34.1 Å². The van der Waals surface area contributed by atoms with Crippen molar-refractivity contribution in [3.05, 3.63) is 182 Å².